The highest BCUT2D eigenvalue weighted by Crippen LogP contribution is 2.10. The zero-order valence-electron chi connectivity index (χ0n) is 7.79. The molecule has 0 aliphatic carbocycles. The number of hydrogen-bond donors (Lipinski definition) is 0. The van der Waals surface area contributed by atoms with Crippen molar-refractivity contribution in [2.24, 2.45) is 0 Å². The van der Waals surface area contributed by atoms with E-state index in [1.54, 1.807) is 0 Å². The lowest BCUT2D eigenvalue weighted by molar-refractivity contribution is 1.56. The summed E-state index contributed by atoms with van der Waals surface area (Å²) in [5, 5.41) is 20.7. The Hall–Kier alpha value is 0.320. The van der Waals surface area contributed by atoms with Gasteiger partial charge in [-0.05, 0) is 23.5 Å². The molecule has 8 heteroatoms. The minimum Gasteiger partial charge on any atom is -0.185 e. The first-order chi connectivity index (χ1) is 7.62. The van der Waals surface area contributed by atoms with Gasteiger partial charge in [0.05, 0.1) is 0 Å². The minimum atomic E-state index is 0.474. The van der Waals surface area contributed by atoms with E-state index in [0.717, 1.165) is 23.5 Å². The van der Waals surface area contributed by atoms with Gasteiger partial charge < -0.3 is 0 Å². The zero-order valence-corrected chi connectivity index (χ0v) is 12.4. The predicted octanol–water partition coefficient (Wildman–Crippen LogP) is 5.04. The fourth-order valence-corrected chi connectivity index (χ4v) is 1.50. The molecule has 0 bridgehead atoms. The second-order valence-electron chi connectivity index (χ2n) is 1.87. The van der Waals surface area contributed by atoms with Crippen molar-refractivity contribution in [3.8, 4) is 10.8 Å². The van der Waals surface area contributed by atoms with Crippen LogP contribution in [0.4, 0.5) is 0 Å². The lowest BCUT2D eigenvalue weighted by atomic mass is 10.7. The van der Waals surface area contributed by atoms with Crippen LogP contribution in [0, 0.1) is 21.3 Å². The fraction of sp³-hybridized carbons (Fsp3) is 0.250. The highest BCUT2D eigenvalue weighted by molar-refractivity contribution is 8.04. The molecule has 0 aromatic carbocycles. The number of nitrogens with zero attached hydrogens (tertiary/aromatic N) is 2. The van der Waals surface area contributed by atoms with Crippen molar-refractivity contribution in [2.45, 2.75) is 0 Å². The van der Waals surface area contributed by atoms with Crippen LogP contribution in [-0.4, -0.2) is 11.5 Å². The summed E-state index contributed by atoms with van der Waals surface area (Å²) in [6.45, 7) is 0. The van der Waals surface area contributed by atoms with Crippen molar-refractivity contribution >= 4 is 69.9 Å². The van der Waals surface area contributed by atoms with Crippen molar-refractivity contribution in [2.75, 3.05) is 11.5 Å². The van der Waals surface area contributed by atoms with E-state index < -0.39 is 0 Å². The molecule has 0 aliphatic rings. The molecule has 0 aromatic heterocycles. The molecule has 0 radical (unpaired) electrons. The van der Waals surface area contributed by atoms with Gasteiger partial charge in [-0.3, -0.25) is 0 Å². The molecular weight excluding hydrogens is 330 g/mol. The van der Waals surface area contributed by atoms with Crippen LogP contribution in [0.2, 0.25) is 0 Å². The van der Waals surface area contributed by atoms with Gasteiger partial charge in [-0.1, -0.05) is 46.4 Å². The van der Waals surface area contributed by atoms with Crippen LogP contribution in [0.1, 0.15) is 0 Å². The van der Waals surface area contributed by atoms with E-state index in [9.17, 15) is 0 Å². The summed E-state index contributed by atoms with van der Waals surface area (Å²) in [6.07, 6.45) is 0. The van der Waals surface area contributed by atoms with E-state index in [1.807, 2.05) is 10.8 Å². The summed E-state index contributed by atoms with van der Waals surface area (Å²) in [6, 6.07) is 0. The van der Waals surface area contributed by atoms with E-state index in [2.05, 4.69) is 0 Å². The van der Waals surface area contributed by atoms with Gasteiger partial charge >= 0.3 is 0 Å². The molecule has 0 aromatic rings. The number of thioether (sulfide) groups is 2. The van der Waals surface area contributed by atoms with Crippen molar-refractivity contribution < 1.29 is 0 Å². The van der Waals surface area contributed by atoms with Gasteiger partial charge in [-0.25, -0.2) is 0 Å². The second-order valence-corrected chi connectivity index (χ2v) is 4.80. The summed E-state index contributed by atoms with van der Waals surface area (Å²) in [5.74, 6) is 0.948. The van der Waals surface area contributed by atoms with E-state index in [-0.39, 0.29) is 0 Å². The molecule has 0 saturated carbocycles. The maximum Gasteiger partial charge on any atom is 0.133 e. The van der Waals surface area contributed by atoms with Crippen molar-refractivity contribution in [1.82, 2.24) is 0 Å². The second kappa shape index (κ2) is 15.3. The normalized spacial score (nSPS) is 10.9. The van der Waals surface area contributed by atoms with Gasteiger partial charge in [0.25, 0.3) is 0 Å². The largest absolute Gasteiger partial charge is 0.185 e. The molecule has 88 valence electrons. The monoisotopic (exact) mass is 334 g/mol. The highest BCUT2D eigenvalue weighted by atomic mass is 35.5. The summed E-state index contributed by atoms with van der Waals surface area (Å²) in [4.78, 5) is 0. The van der Waals surface area contributed by atoms with Crippen LogP contribution in [0.15, 0.2) is 21.1 Å². The Kier molecular flexibility index (Phi) is 17.9. The number of nitriles is 2. The highest BCUT2D eigenvalue weighted by Gasteiger charge is 1.88. The first kappa shape index (κ1) is 18.7. The van der Waals surface area contributed by atoms with E-state index in [0.29, 0.717) is 21.6 Å². The van der Waals surface area contributed by atoms with E-state index in [1.165, 1.54) is 11.1 Å². The number of halogens is 4. The van der Waals surface area contributed by atoms with Gasteiger partial charge in [0.15, 0.2) is 0 Å². The van der Waals surface area contributed by atoms with Crippen LogP contribution in [-0.2, 0) is 0 Å². The Bertz CT molecular complexity index is 285. The quantitative estimate of drug-likeness (QED) is 0.675. The number of rotatable bonds is 4. The summed E-state index contributed by atoms with van der Waals surface area (Å²) in [5.41, 5.74) is 2.51. The molecule has 0 unspecified atom stereocenters. The van der Waals surface area contributed by atoms with Gasteiger partial charge in [0.2, 0.25) is 0 Å². The molecule has 0 rings (SSSR count). The summed E-state index contributed by atoms with van der Waals surface area (Å²) < 4.78 is 0. The molecule has 0 aliphatic heterocycles. The maximum atomic E-state index is 7.99. The lowest BCUT2D eigenvalue weighted by Crippen LogP contribution is -1.70. The molecule has 0 amide bonds. The molecule has 0 atom stereocenters. The van der Waals surface area contributed by atoms with Crippen LogP contribution in [0.3, 0.4) is 0 Å². The van der Waals surface area contributed by atoms with Crippen molar-refractivity contribution in [1.29, 1.82) is 10.5 Å². The predicted molar refractivity (Wildman–Crippen MR) is 75.7 cm³/mol. The summed E-state index contributed by atoms with van der Waals surface area (Å²) in [7, 11) is 0. The van der Waals surface area contributed by atoms with Crippen LogP contribution in [0.25, 0.3) is 0 Å². The molecule has 0 saturated heterocycles. The molecule has 0 heterocycles. The Balaban J connectivity index is 0. The zero-order chi connectivity index (χ0) is 12.8. The van der Waals surface area contributed by atoms with Crippen LogP contribution in [0.5, 0.6) is 0 Å². The third-order valence-corrected chi connectivity index (χ3v) is 3.51. The first-order valence-corrected chi connectivity index (χ1v) is 7.13. The lowest BCUT2D eigenvalue weighted by Gasteiger charge is -1.84. The molecule has 16 heavy (non-hydrogen) atoms. The van der Waals surface area contributed by atoms with Gasteiger partial charge in [-0.15, -0.1) is 0 Å². The van der Waals surface area contributed by atoms with Gasteiger partial charge in [-0.2, -0.15) is 10.5 Å². The third-order valence-electron chi connectivity index (χ3n) is 0.786. The van der Waals surface area contributed by atoms with Crippen LogP contribution >= 0.6 is 69.9 Å². The van der Waals surface area contributed by atoms with Crippen molar-refractivity contribution in [3.05, 3.63) is 21.1 Å². The Morgan fingerprint density at radius 3 is 1.44 bits per heavy atom. The minimum absolute atomic E-state index is 0.474. The SMILES string of the molecule is N#CSC/C(Cl)=C/Cl.N#CSC/C(Cl)=C\Cl. The Morgan fingerprint density at radius 2 is 1.25 bits per heavy atom. The number of hydrogen-bond acceptors (Lipinski definition) is 4. The molecule has 0 fully saturated rings. The smallest absolute Gasteiger partial charge is 0.133 e. The van der Waals surface area contributed by atoms with Crippen LogP contribution < -0.4 is 0 Å². The molecule has 0 spiro atoms. The van der Waals surface area contributed by atoms with Gasteiger partial charge in [0, 0.05) is 32.6 Å². The molecule has 2 nitrogen and oxygen atoms in total. The standard InChI is InChI=1S/2C4H3Cl2NS/c2*5-1-4(6)2-8-3-7/h2*1H,2H2/b4-1+;4-1-. The Morgan fingerprint density at radius 1 is 0.938 bits per heavy atom. The average Bonchev–Trinajstić information content (AvgIpc) is 2.33. The maximum absolute atomic E-state index is 7.99. The van der Waals surface area contributed by atoms with Crippen molar-refractivity contribution in [3.63, 3.8) is 0 Å². The van der Waals surface area contributed by atoms with Gasteiger partial charge in [0.1, 0.15) is 10.8 Å². The average molecular weight is 336 g/mol. The Labute approximate surface area is 123 Å². The van der Waals surface area contributed by atoms with E-state index in [4.69, 9.17) is 56.9 Å². The molecular formula is C8H6Cl4N2S2. The fourth-order valence-electron chi connectivity index (χ4n) is 0.265. The first-order valence-electron chi connectivity index (χ1n) is 3.53. The third kappa shape index (κ3) is 16.7. The summed E-state index contributed by atoms with van der Waals surface area (Å²) >= 11 is 23.3. The number of thiocyanates is 2. The topological polar surface area (TPSA) is 47.6 Å². The molecule has 0 N–H and O–H groups in total. The van der Waals surface area contributed by atoms with E-state index >= 15 is 0 Å².